The monoisotopic (exact) mass is 621 g/mol. The Balaban J connectivity index is 1.06. The molecular formula is C39H43NO6. The van der Waals surface area contributed by atoms with E-state index >= 15 is 0 Å². The Bertz CT molecular complexity index is 1770. The Morgan fingerprint density at radius 1 is 0.783 bits per heavy atom. The molecule has 4 atom stereocenters. The SMILES string of the molecule is Oc1ccc(C=Cc2c(CCc3ccc(CN[C@@H]4C[C@H]5CC[C@H]6CCCC[C@@]6(C4)O5)cc3)c(O)c(O)c3c(O)cccc23)cc1O. The normalized spacial score (nSPS) is 24.3. The number of phenols is 5. The number of hydrogen-bond acceptors (Lipinski definition) is 7. The van der Waals surface area contributed by atoms with Crippen LogP contribution in [0.25, 0.3) is 22.9 Å². The van der Waals surface area contributed by atoms with E-state index in [-0.39, 0.29) is 39.7 Å². The number of rotatable bonds is 8. The van der Waals surface area contributed by atoms with Crippen molar-refractivity contribution in [3.05, 3.63) is 88.5 Å². The van der Waals surface area contributed by atoms with Crippen molar-refractivity contribution in [1.82, 2.24) is 5.32 Å². The fourth-order valence-electron chi connectivity index (χ4n) is 8.27. The van der Waals surface area contributed by atoms with Gasteiger partial charge in [-0.25, -0.2) is 0 Å². The maximum Gasteiger partial charge on any atom is 0.169 e. The van der Waals surface area contributed by atoms with Crippen LogP contribution < -0.4 is 5.32 Å². The van der Waals surface area contributed by atoms with Crippen LogP contribution in [0.1, 0.15) is 79.2 Å². The molecule has 46 heavy (non-hydrogen) atoms. The molecule has 7 nitrogen and oxygen atoms in total. The molecule has 1 spiro atoms. The summed E-state index contributed by atoms with van der Waals surface area (Å²) < 4.78 is 6.67. The predicted octanol–water partition coefficient (Wildman–Crippen LogP) is 7.68. The van der Waals surface area contributed by atoms with Gasteiger partial charge in [-0.15, -0.1) is 0 Å². The molecule has 0 amide bonds. The van der Waals surface area contributed by atoms with Gasteiger partial charge in [0.05, 0.1) is 17.1 Å². The van der Waals surface area contributed by atoms with Crippen LogP contribution in [0.4, 0.5) is 0 Å². The van der Waals surface area contributed by atoms with E-state index < -0.39 is 0 Å². The molecule has 1 saturated carbocycles. The number of aromatic hydroxyl groups is 5. The van der Waals surface area contributed by atoms with Crippen LogP contribution in [0.2, 0.25) is 0 Å². The molecule has 2 saturated heterocycles. The summed E-state index contributed by atoms with van der Waals surface area (Å²) in [6.07, 6.45) is 15.0. The zero-order valence-electron chi connectivity index (χ0n) is 26.1. The highest BCUT2D eigenvalue weighted by Gasteiger charge is 2.50. The van der Waals surface area contributed by atoms with Crippen molar-refractivity contribution >= 4 is 22.9 Å². The zero-order valence-corrected chi connectivity index (χ0v) is 26.1. The minimum Gasteiger partial charge on any atom is -0.507 e. The van der Waals surface area contributed by atoms with Crippen molar-refractivity contribution in [2.45, 2.75) is 88.5 Å². The summed E-state index contributed by atoms with van der Waals surface area (Å²) in [4.78, 5) is 0. The van der Waals surface area contributed by atoms with E-state index in [9.17, 15) is 25.5 Å². The maximum atomic E-state index is 11.1. The molecular weight excluding hydrogens is 578 g/mol. The van der Waals surface area contributed by atoms with Crippen LogP contribution in [0.3, 0.4) is 0 Å². The van der Waals surface area contributed by atoms with E-state index in [1.54, 1.807) is 30.4 Å². The van der Waals surface area contributed by atoms with E-state index in [1.165, 1.54) is 62.3 Å². The molecule has 2 aliphatic heterocycles. The van der Waals surface area contributed by atoms with Gasteiger partial charge in [0.2, 0.25) is 0 Å². The average Bonchev–Trinajstić information content (AvgIpc) is 3.05. The number of fused-ring (bicyclic) bond motifs is 2. The standard InChI is InChI=1S/C39H43NO6/c41-33-18-13-25(20-35(33)43)12-16-30-31-5-3-6-34(42)36(31)38(45)37(44)32(30)17-11-24-7-9-26(10-8-24)23-40-28-21-29-15-14-27-4-1-2-19-39(27,22-28)46-29/h3,5-10,12-13,16,18,20,27-29,40-45H,1-2,4,11,14-15,17,19,21-23H2/t27-,28-,29-,39+/m1/s1. The van der Waals surface area contributed by atoms with Gasteiger partial charge >= 0.3 is 0 Å². The minimum absolute atomic E-state index is 0.0995. The van der Waals surface area contributed by atoms with E-state index in [1.807, 2.05) is 0 Å². The third-order valence-electron chi connectivity index (χ3n) is 10.7. The lowest BCUT2D eigenvalue weighted by Crippen LogP contribution is -2.58. The quantitative estimate of drug-likeness (QED) is 0.0881. The van der Waals surface area contributed by atoms with Crippen molar-refractivity contribution in [2.24, 2.45) is 5.92 Å². The van der Waals surface area contributed by atoms with E-state index in [2.05, 4.69) is 29.6 Å². The summed E-state index contributed by atoms with van der Waals surface area (Å²) in [7, 11) is 0. The minimum atomic E-state index is -0.347. The molecule has 2 bridgehead atoms. The van der Waals surface area contributed by atoms with Gasteiger partial charge in [0.25, 0.3) is 0 Å². The van der Waals surface area contributed by atoms with Crippen molar-refractivity contribution in [1.29, 1.82) is 0 Å². The number of ether oxygens (including phenoxy) is 1. The molecule has 3 aliphatic rings. The molecule has 3 fully saturated rings. The molecule has 6 N–H and O–H groups in total. The molecule has 4 aromatic rings. The second-order valence-electron chi connectivity index (χ2n) is 13.5. The lowest BCUT2D eigenvalue weighted by molar-refractivity contribution is -0.211. The fraction of sp³-hybridized carbons (Fsp3) is 0.385. The summed E-state index contributed by atoms with van der Waals surface area (Å²) in [5.41, 5.74) is 4.32. The summed E-state index contributed by atoms with van der Waals surface area (Å²) in [6.45, 7) is 0.822. The Morgan fingerprint density at radius 2 is 1.61 bits per heavy atom. The number of aryl methyl sites for hydroxylation is 1. The molecule has 4 aromatic carbocycles. The molecule has 0 radical (unpaired) electrons. The Labute approximate surface area is 269 Å². The van der Waals surface area contributed by atoms with Gasteiger partial charge in [0.15, 0.2) is 23.0 Å². The van der Waals surface area contributed by atoms with Gasteiger partial charge in [-0.1, -0.05) is 67.5 Å². The van der Waals surface area contributed by atoms with E-state index in [0.717, 1.165) is 30.9 Å². The topological polar surface area (TPSA) is 122 Å². The number of hydrogen-bond donors (Lipinski definition) is 6. The van der Waals surface area contributed by atoms with Gasteiger partial charge < -0.3 is 35.6 Å². The first-order chi connectivity index (χ1) is 22.3. The highest BCUT2D eigenvalue weighted by Crippen LogP contribution is 2.50. The summed E-state index contributed by atoms with van der Waals surface area (Å²) in [5, 5.41) is 56.8. The molecule has 1 aliphatic carbocycles. The van der Waals surface area contributed by atoms with Crippen LogP contribution >= 0.6 is 0 Å². The van der Waals surface area contributed by atoms with Crippen molar-refractivity contribution < 1.29 is 30.3 Å². The highest BCUT2D eigenvalue weighted by atomic mass is 16.5. The average molecular weight is 622 g/mol. The molecule has 0 unspecified atom stereocenters. The lowest BCUT2D eigenvalue weighted by atomic mass is 9.65. The number of benzene rings is 4. The number of nitrogens with one attached hydrogen (secondary N) is 1. The largest absolute Gasteiger partial charge is 0.507 e. The van der Waals surface area contributed by atoms with Crippen LogP contribution in [0, 0.1) is 5.92 Å². The Hall–Kier alpha value is -4.20. The first-order valence-corrected chi connectivity index (χ1v) is 16.7. The van der Waals surface area contributed by atoms with Gasteiger partial charge in [-0.2, -0.15) is 0 Å². The zero-order chi connectivity index (χ0) is 31.8. The first kappa shape index (κ1) is 30.5. The van der Waals surface area contributed by atoms with E-state index in [0.29, 0.717) is 47.1 Å². The van der Waals surface area contributed by atoms with E-state index in [4.69, 9.17) is 4.74 Å². The fourth-order valence-corrected chi connectivity index (χ4v) is 8.27. The Morgan fingerprint density at radius 3 is 2.43 bits per heavy atom. The second kappa shape index (κ2) is 12.5. The molecule has 240 valence electrons. The van der Waals surface area contributed by atoms with Crippen molar-refractivity contribution in [3.8, 4) is 28.7 Å². The predicted molar refractivity (Wildman–Crippen MR) is 180 cm³/mol. The highest BCUT2D eigenvalue weighted by molar-refractivity contribution is 6.03. The molecule has 7 heteroatoms. The van der Waals surface area contributed by atoms with Gasteiger partial charge in [0, 0.05) is 18.2 Å². The molecule has 2 heterocycles. The van der Waals surface area contributed by atoms with Crippen LogP contribution in [0.15, 0.2) is 60.7 Å². The third-order valence-corrected chi connectivity index (χ3v) is 10.7. The molecule has 0 aromatic heterocycles. The third kappa shape index (κ3) is 5.90. The maximum absolute atomic E-state index is 11.1. The summed E-state index contributed by atoms with van der Waals surface area (Å²) in [5.74, 6) is -0.442. The molecule has 7 rings (SSSR count). The number of phenolic OH excluding ortho intramolecular Hbond substituents is 5. The van der Waals surface area contributed by atoms with Crippen LogP contribution in [0.5, 0.6) is 28.7 Å². The van der Waals surface area contributed by atoms with Crippen molar-refractivity contribution in [3.63, 3.8) is 0 Å². The van der Waals surface area contributed by atoms with Gasteiger partial charge in [0.1, 0.15) is 5.75 Å². The van der Waals surface area contributed by atoms with Gasteiger partial charge in [-0.3, -0.25) is 0 Å². The van der Waals surface area contributed by atoms with Gasteiger partial charge in [-0.05, 0) is 103 Å². The smallest absolute Gasteiger partial charge is 0.169 e. The Kier molecular flexibility index (Phi) is 8.30. The first-order valence-electron chi connectivity index (χ1n) is 16.7. The summed E-state index contributed by atoms with van der Waals surface area (Å²) >= 11 is 0. The second-order valence-corrected chi connectivity index (χ2v) is 13.5. The lowest BCUT2D eigenvalue weighted by Gasteiger charge is -2.55. The van der Waals surface area contributed by atoms with Crippen LogP contribution in [-0.4, -0.2) is 43.3 Å². The van der Waals surface area contributed by atoms with Crippen molar-refractivity contribution in [2.75, 3.05) is 0 Å². The van der Waals surface area contributed by atoms with Crippen LogP contribution in [-0.2, 0) is 24.1 Å². The summed E-state index contributed by atoms with van der Waals surface area (Å²) in [6, 6.07) is 18.6.